The van der Waals surface area contributed by atoms with Gasteiger partial charge in [-0.25, -0.2) is 4.79 Å². The van der Waals surface area contributed by atoms with Gasteiger partial charge in [-0.1, -0.05) is 0 Å². The fraction of sp³-hybridized carbons (Fsp3) is 0.938. The van der Waals surface area contributed by atoms with Crippen LogP contribution in [-0.2, 0) is 33.2 Å². The molecule has 25 heavy (non-hydrogen) atoms. The number of cyclic esters (lactones) is 1. The third-order valence-corrected chi connectivity index (χ3v) is 4.90. The fourth-order valence-electron chi connectivity index (χ4n) is 3.93. The Morgan fingerprint density at radius 2 is 1.44 bits per heavy atom. The van der Waals surface area contributed by atoms with Crippen LogP contribution in [0.25, 0.3) is 0 Å². The number of hydrogen-bond donors (Lipinski definition) is 2. The molecular weight excluding hydrogens is 336 g/mol. The molecule has 142 valence electrons. The van der Waals surface area contributed by atoms with Crippen molar-refractivity contribution in [1.82, 2.24) is 0 Å². The Morgan fingerprint density at radius 3 is 2.08 bits per heavy atom. The molecule has 0 saturated carbocycles. The van der Waals surface area contributed by atoms with Gasteiger partial charge < -0.3 is 38.6 Å². The van der Waals surface area contributed by atoms with Crippen LogP contribution in [0.5, 0.6) is 0 Å². The predicted octanol–water partition coefficient (Wildman–Crippen LogP) is -0.580. The van der Waals surface area contributed by atoms with Gasteiger partial charge in [-0.15, -0.1) is 0 Å². The van der Waals surface area contributed by atoms with Crippen LogP contribution >= 0.6 is 0 Å². The molecule has 2 N–H and O–H groups in total. The van der Waals surface area contributed by atoms with Gasteiger partial charge in [-0.3, -0.25) is 0 Å². The molecule has 4 heterocycles. The first-order chi connectivity index (χ1) is 11.6. The zero-order chi connectivity index (χ0) is 18.1. The molecule has 0 radical (unpaired) electrons. The van der Waals surface area contributed by atoms with E-state index in [0.717, 1.165) is 0 Å². The smallest absolute Gasteiger partial charge is 0.338 e. The minimum absolute atomic E-state index is 0.0339. The van der Waals surface area contributed by atoms with Crippen molar-refractivity contribution in [3.05, 3.63) is 0 Å². The first-order valence-electron chi connectivity index (χ1n) is 8.50. The lowest BCUT2D eigenvalue weighted by atomic mass is 9.90. The number of aliphatic hydroxyl groups is 2. The summed E-state index contributed by atoms with van der Waals surface area (Å²) in [5.74, 6) is -2.59. The van der Waals surface area contributed by atoms with Gasteiger partial charge in [-0.05, 0) is 27.7 Å². The van der Waals surface area contributed by atoms with Crippen LogP contribution < -0.4 is 0 Å². The topological polar surface area (TPSA) is 113 Å². The van der Waals surface area contributed by atoms with Gasteiger partial charge in [0.2, 0.25) is 0 Å². The van der Waals surface area contributed by atoms with Gasteiger partial charge in [0, 0.05) is 6.42 Å². The van der Waals surface area contributed by atoms with Crippen molar-refractivity contribution in [3.63, 3.8) is 0 Å². The normalized spacial score (nSPS) is 50.9. The molecule has 8 atom stereocenters. The molecule has 0 aromatic rings. The molecule has 0 aliphatic carbocycles. The van der Waals surface area contributed by atoms with Gasteiger partial charge in [0.05, 0.1) is 6.10 Å². The van der Waals surface area contributed by atoms with Crippen molar-refractivity contribution in [2.24, 2.45) is 0 Å². The third-order valence-electron chi connectivity index (χ3n) is 4.90. The average Bonchev–Trinajstić information content (AvgIpc) is 2.97. The Morgan fingerprint density at radius 1 is 0.880 bits per heavy atom. The lowest BCUT2D eigenvalue weighted by Crippen LogP contribution is -2.61. The molecule has 4 saturated heterocycles. The minimum Gasteiger partial charge on any atom is -0.457 e. The number of rotatable bonds is 1. The van der Waals surface area contributed by atoms with E-state index in [9.17, 15) is 15.0 Å². The molecule has 0 spiro atoms. The largest absolute Gasteiger partial charge is 0.457 e. The van der Waals surface area contributed by atoms with Crippen LogP contribution in [0.2, 0.25) is 0 Å². The van der Waals surface area contributed by atoms with Gasteiger partial charge in [0.25, 0.3) is 0 Å². The second-order valence-electron chi connectivity index (χ2n) is 7.86. The Bertz CT molecular complexity index is 562. The van der Waals surface area contributed by atoms with E-state index in [1.807, 2.05) is 0 Å². The summed E-state index contributed by atoms with van der Waals surface area (Å²) in [5, 5.41) is 19.5. The molecule has 4 aliphatic heterocycles. The summed E-state index contributed by atoms with van der Waals surface area (Å²) in [7, 11) is 0. The van der Waals surface area contributed by atoms with Crippen LogP contribution in [0.1, 0.15) is 34.1 Å². The van der Waals surface area contributed by atoms with Crippen LogP contribution in [-0.4, -0.2) is 76.8 Å². The van der Waals surface area contributed by atoms with Crippen LogP contribution in [0.3, 0.4) is 0 Å². The van der Waals surface area contributed by atoms with E-state index in [0.29, 0.717) is 0 Å². The summed E-state index contributed by atoms with van der Waals surface area (Å²) in [6.07, 6.45) is -6.46. The lowest BCUT2D eigenvalue weighted by Gasteiger charge is -2.42. The molecule has 4 fully saturated rings. The standard InChI is InChI=1S/C16H24O9/c1-15(2)22-10-9(7-5-6(17)8(18)13(19)20-7)21-14-12(11(10)23-15)24-16(3,4)25-14/h6-12,14,17-18H,5H2,1-4H3/t6?,7?,8?,9?,10?,11?,12-,14-/m1/s1. The van der Waals surface area contributed by atoms with Crippen molar-refractivity contribution in [1.29, 1.82) is 0 Å². The second-order valence-corrected chi connectivity index (χ2v) is 7.86. The second kappa shape index (κ2) is 5.59. The minimum atomic E-state index is -1.55. The summed E-state index contributed by atoms with van der Waals surface area (Å²) in [5.41, 5.74) is 0. The van der Waals surface area contributed by atoms with E-state index in [2.05, 4.69) is 0 Å². The lowest BCUT2D eigenvalue weighted by molar-refractivity contribution is -0.265. The molecule has 9 heteroatoms. The number of hydrogen-bond acceptors (Lipinski definition) is 9. The maximum absolute atomic E-state index is 11.8. The highest BCUT2D eigenvalue weighted by Crippen LogP contribution is 2.45. The van der Waals surface area contributed by atoms with Crippen LogP contribution in [0, 0.1) is 0 Å². The molecule has 0 aromatic heterocycles. The summed E-state index contributed by atoms with van der Waals surface area (Å²) in [6.45, 7) is 7.12. The van der Waals surface area contributed by atoms with E-state index >= 15 is 0 Å². The monoisotopic (exact) mass is 360 g/mol. The first kappa shape index (κ1) is 17.6. The molecular formula is C16H24O9. The summed E-state index contributed by atoms with van der Waals surface area (Å²) in [6, 6.07) is 0. The van der Waals surface area contributed by atoms with Gasteiger partial charge in [0.15, 0.2) is 24.0 Å². The number of fused-ring (bicyclic) bond motifs is 3. The van der Waals surface area contributed by atoms with E-state index in [1.165, 1.54) is 0 Å². The molecule has 0 aromatic carbocycles. The van der Waals surface area contributed by atoms with Crippen molar-refractivity contribution in [3.8, 4) is 0 Å². The van der Waals surface area contributed by atoms with E-state index < -0.39 is 66.6 Å². The highest BCUT2D eigenvalue weighted by molar-refractivity contribution is 5.76. The number of esters is 1. The Kier molecular flexibility index (Phi) is 3.94. The highest BCUT2D eigenvalue weighted by Gasteiger charge is 2.63. The van der Waals surface area contributed by atoms with E-state index in [-0.39, 0.29) is 6.42 Å². The van der Waals surface area contributed by atoms with Crippen molar-refractivity contribution >= 4 is 5.97 Å². The van der Waals surface area contributed by atoms with E-state index in [1.54, 1.807) is 27.7 Å². The molecule has 4 rings (SSSR count). The molecule has 4 aliphatic rings. The van der Waals surface area contributed by atoms with E-state index in [4.69, 9.17) is 28.4 Å². The van der Waals surface area contributed by atoms with Crippen molar-refractivity contribution in [2.45, 2.75) is 94.7 Å². The maximum Gasteiger partial charge on any atom is 0.338 e. The zero-order valence-corrected chi connectivity index (χ0v) is 14.6. The average molecular weight is 360 g/mol. The first-order valence-corrected chi connectivity index (χ1v) is 8.50. The number of carbonyl (C=O) groups is 1. The van der Waals surface area contributed by atoms with Crippen LogP contribution in [0.15, 0.2) is 0 Å². The number of ether oxygens (including phenoxy) is 6. The Hall–Kier alpha value is -0.810. The maximum atomic E-state index is 11.8. The zero-order valence-electron chi connectivity index (χ0n) is 14.6. The Balaban J connectivity index is 1.61. The van der Waals surface area contributed by atoms with Crippen molar-refractivity contribution < 1.29 is 43.4 Å². The molecule has 6 unspecified atom stereocenters. The van der Waals surface area contributed by atoms with Gasteiger partial charge >= 0.3 is 5.97 Å². The summed E-state index contributed by atoms with van der Waals surface area (Å²) < 4.78 is 35.0. The molecule has 9 nitrogen and oxygen atoms in total. The van der Waals surface area contributed by atoms with Gasteiger partial charge in [-0.2, -0.15) is 0 Å². The Labute approximate surface area is 145 Å². The quantitative estimate of drug-likeness (QED) is 0.593. The SMILES string of the molecule is CC1(C)OC2C(C3CC(O)C(O)C(=O)O3)O[C@@H]3OC(C)(C)O[C@@H]3C2O1. The molecule has 0 amide bonds. The third kappa shape index (κ3) is 2.97. The fourth-order valence-corrected chi connectivity index (χ4v) is 3.93. The van der Waals surface area contributed by atoms with Crippen molar-refractivity contribution in [2.75, 3.05) is 0 Å². The predicted molar refractivity (Wildman–Crippen MR) is 79.0 cm³/mol. The van der Waals surface area contributed by atoms with Crippen LogP contribution in [0.4, 0.5) is 0 Å². The summed E-state index contributed by atoms with van der Waals surface area (Å²) in [4.78, 5) is 11.8. The summed E-state index contributed by atoms with van der Waals surface area (Å²) >= 11 is 0. The number of carbonyl (C=O) groups excluding carboxylic acids is 1. The van der Waals surface area contributed by atoms with Gasteiger partial charge in [0.1, 0.15) is 30.5 Å². The number of aliphatic hydroxyl groups excluding tert-OH is 2. The molecule has 0 bridgehead atoms. The highest BCUT2D eigenvalue weighted by atomic mass is 16.9.